The number of hydrogen-bond acceptors (Lipinski definition) is 8. The number of rotatable bonds is 6. The van der Waals surface area contributed by atoms with Crippen LogP contribution in [0.2, 0.25) is 0 Å². The van der Waals surface area contributed by atoms with E-state index in [1.165, 1.54) is 23.5 Å². The molecule has 28 heavy (non-hydrogen) atoms. The SMILES string of the molecule is C[n+]1c(C(=O)N2CCSC2=S)ccc(C(=O)N2CCSC2=S)c1SCCSI. The van der Waals surface area contributed by atoms with Gasteiger partial charge in [-0.05, 0) is 27.3 Å². The highest BCUT2D eigenvalue weighted by Crippen LogP contribution is 2.27. The molecule has 0 saturated carbocycles. The van der Waals surface area contributed by atoms with Gasteiger partial charge in [0, 0.05) is 42.2 Å². The molecule has 0 radical (unpaired) electrons. The Morgan fingerprint density at radius 2 is 1.71 bits per heavy atom. The first kappa shape index (κ1) is 23.1. The third-order valence-electron chi connectivity index (χ3n) is 4.16. The maximum absolute atomic E-state index is 13.1. The summed E-state index contributed by atoms with van der Waals surface area (Å²) in [6.07, 6.45) is 0. The number of hydrogen-bond donors (Lipinski definition) is 0. The summed E-state index contributed by atoms with van der Waals surface area (Å²) in [4.78, 5) is 29.4. The molecule has 150 valence electrons. The number of pyridine rings is 1. The van der Waals surface area contributed by atoms with Crippen molar-refractivity contribution in [1.82, 2.24) is 9.80 Å². The molecule has 0 atom stereocenters. The zero-order valence-corrected chi connectivity index (χ0v) is 21.9. The molecular formula is C16H17IN3O2S6+. The summed E-state index contributed by atoms with van der Waals surface area (Å²) >= 11 is 17.5. The lowest BCUT2D eigenvalue weighted by Crippen LogP contribution is -2.46. The number of halogens is 1. The largest absolute Gasteiger partial charge is 0.324 e. The van der Waals surface area contributed by atoms with Gasteiger partial charge in [-0.3, -0.25) is 19.4 Å². The Bertz CT molecular complexity index is 837. The zero-order valence-electron chi connectivity index (χ0n) is 14.9. The van der Waals surface area contributed by atoms with Crippen molar-refractivity contribution in [1.29, 1.82) is 0 Å². The van der Waals surface area contributed by atoms with E-state index < -0.39 is 0 Å². The predicted molar refractivity (Wildman–Crippen MR) is 137 cm³/mol. The number of thioether (sulfide) groups is 3. The van der Waals surface area contributed by atoms with E-state index in [0.717, 1.165) is 28.0 Å². The number of carbonyl (C=O) groups is 2. The Hall–Kier alpha value is 0.400. The van der Waals surface area contributed by atoms with Crippen molar-refractivity contribution in [3.05, 3.63) is 23.4 Å². The number of carbonyl (C=O) groups excluding carboxylic acids is 2. The van der Waals surface area contributed by atoms with Crippen molar-refractivity contribution >= 4 is 110 Å². The molecule has 2 saturated heterocycles. The van der Waals surface area contributed by atoms with Crippen LogP contribution in [0.5, 0.6) is 0 Å². The highest BCUT2D eigenvalue weighted by molar-refractivity contribution is 14.2. The van der Waals surface area contributed by atoms with E-state index in [9.17, 15) is 9.59 Å². The minimum Gasteiger partial charge on any atom is -0.293 e. The summed E-state index contributed by atoms with van der Waals surface area (Å²) in [6, 6.07) is 3.48. The van der Waals surface area contributed by atoms with Gasteiger partial charge in [0.1, 0.15) is 21.3 Å². The van der Waals surface area contributed by atoms with E-state index in [4.69, 9.17) is 24.4 Å². The lowest BCUT2D eigenvalue weighted by atomic mass is 10.2. The van der Waals surface area contributed by atoms with Gasteiger partial charge in [-0.25, -0.2) is 0 Å². The van der Waals surface area contributed by atoms with Crippen LogP contribution in [-0.2, 0) is 7.05 Å². The van der Waals surface area contributed by atoms with Crippen molar-refractivity contribution in [2.75, 3.05) is 36.1 Å². The van der Waals surface area contributed by atoms with Gasteiger partial charge >= 0.3 is 5.91 Å². The average Bonchev–Trinajstić information content (AvgIpc) is 3.30. The second kappa shape index (κ2) is 10.6. The van der Waals surface area contributed by atoms with Crippen molar-refractivity contribution in [2.24, 2.45) is 7.05 Å². The van der Waals surface area contributed by atoms with Gasteiger partial charge in [0.15, 0.2) is 0 Å². The smallest absolute Gasteiger partial charge is 0.293 e. The second-order valence-corrected chi connectivity index (χ2v) is 12.8. The van der Waals surface area contributed by atoms with Gasteiger partial charge in [-0.1, -0.05) is 68.7 Å². The van der Waals surface area contributed by atoms with E-state index in [1.807, 2.05) is 11.6 Å². The zero-order chi connectivity index (χ0) is 20.3. The minimum atomic E-state index is -0.117. The Balaban J connectivity index is 1.96. The van der Waals surface area contributed by atoms with Crippen molar-refractivity contribution in [2.45, 2.75) is 5.03 Å². The Morgan fingerprint density at radius 3 is 2.25 bits per heavy atom. The summed E-state index contributed by atoms with van der Waals surface area (Å²) < 4.78 is 3.06. The summed E-state index contributed by atoms with van der Waals surface area (Å²) in [5.41, 5.74) is 1.12. The quantitative estimate of drug-likeness (QED) is 0.161. The molecule has 0 bridgehead atoms. The predicted octanol–water partition coefficient (Wildman–Crippen LogP) is 3.63. The van der Waals surface area contributed by atoms with Crippen LogP contribution in [-0.4, -0.2) is 66.4 Å². The topological polar surface area (TPSA) is 44.5 Å². The van der Waals surface area contributed by atoms with E-state index in [0.29, 0.717) is 33.0 Å². The highest BCUT2D eigenvalue weighted by atomic mass is 127. The van der Waals surface area contributed by atoms with E-state index in [1.54, 1.807) is 42.6 Å². The van der Waals surface area contributed by atoms with Gasteiger partial charge in [-0.2, -0.15) is 4.57 Å². The van der Waals surface area contributed by atoms with Crippen LogP contribution in [0.4, 0.5) is 0 Å². The molecule has 2 aliphatic heterocycles. The van der Waals surface area contributed by atoms with Gasteiger partial charge in [-0.15, -0.1) is 0 Å². The molecule has 0 aromatic carbocycles. The maximum atomic E-state index is 13.1. The van der Waals surface area contributed by atoms with Crippen LogP contribution in [0.3, 0.4) is 0 Å². The second-order valence-electron chi connectivity index (χ2n) is 5.80. The molecule has 0 N–H and O–H groups in total. The standard InChI is InChI=1S/C16H17IN3O2S6/c1-18-11(13(22)20-5-7-27-16(20)24)3-2-10(14(18)25-8-9-28-17)12(21)19-4-6-26-15(19)23/h2-3H,4-9H2,1H3/q+1. The fraction of sp³-hybridized carbons (Fsp3) is 0.438. The van der Waals surface area contributed by atoms with E-state index >= 15 is 0 Å². The molecule has 1 aromatic heterocycles. The van der Waals surface area contributed by atoms with Crippen LogP contribution >= 0.6 is 89.9 Å². The lowest BCUT2D eigenvalue weighted by Gasteiger charge is -2.17. The van der Waals surface area contributed by atoms with Crippen molar-refractivity contribution in [3.8, 4) is 0 Å². The van der Waals surface area contributed by atoms with Crippen LogP contribution < -0.4 is 4.57 Å². The molecule has 2 fully saturated rings. The number of nitrogens with zero attached hydrogens (tertiary/aromatic N) is 3. The monoisotopic (exact) mass is 602 g/mol. The van der Waals surface area contributed by atoms with Gasteiger partial charge < -0.3 is 0 Å². The normalized spacial score (nSPS) is 16.9. The molecule has 3 heterocycles. The number of thiocarbonyl (C=S) groups is 2. The average molecular weight is 603 g/mol. The molecule has 2 amide bonds. The number of aromatic nitrogens is 1. The van der Waals surface area contributed by atoms with Crippen molar-refractivity contribution in [3.63, 3.8) is 0 Å². The van der Waals surface area contributed by atoms with Gasteiger partial charge in [0.25, 0.3) is 16.6 Å². The van der Waals surface area contributed by atoms with Crippen LogP contribution in [0, 0.1) is 0 Å². The fourth-order valence-electron chi connectivity index (χ4n) is 2.80. The fourth-order valence-corrected chi connectivity index (χ4v) is 8.20. The molecule has 12 heteroatoms. The lowest BCUT2D eigenvalue weighted by molar-refractivity contribution is -0.710. The molecule has 0 spiro atoms. The van der Waals surface area contributed by atoms with E-state index in [2.05, 4.69) is 21.2 Å². The summed E-state index contributed by atoms with van der Waals surface area (Å²) in [5, 5.41) is 0.791. The Kier molecular flexibility index (Phi) is 8.75. The third-order valence-corrected chi connectivity index (χ3v) is 10.1. The molecule has 0 aliphatic carbocycles. The molecule has 5 nitrogen and oxygen atoms in total. The van der Waals surface area contributed by atoms with Crippen LogP contribution in [0.15, 0.2) is 17.2 Å². The Labute approximate surface area is 204 Å². The highest BCUT2D eigenvalue weighted by Gasteiger charge is 2.35. The molecule has 2 aliphatic rings. The maximum Gasteiger partial charge on any atom is 0.324 e. The molecule has 3 rings (SSSR count). The molecular weight excluding hydrogens is 586 g/mol. The Morgan fingerprint density at radius 1 is 1.11 bits per heavy atom. The van der Waals surface area contributed by atoms with Gasteiger partial charge in [0.2, 0.25) is 0 Å². The number of amides is 2. The van der Waals surface area contributed by atoms with Crippen LogP contribution in [0.25, 0.3) is 0 Å². The molecule has 1 aromatic rings. The van der Waals surface area contributed by atoms with Crippen LogP contribution in [0.1, 0.15) is 20.8 Å². The first-order chi connectivity index (χ1) is 13.5. The minimum absolute atomic E-state index is 0.0959. The van der Waals surface area contributed by atoms with Crippen molar-refractivity contribution < 1.29 is 14.2 Å². The van der Waals surface area contributed by atoms with E-state index in [-0.39, 0.29) is 11.8 Å². The summed E-state index contributed by atoms with van der Waals surface area (Å²) in [5.74, 6) is 3.22. The molecule has 0 unspecified atom stereocenters. The summed E-state index contributed by atoms with van der Waals surface area (Å²) in [6.45, 7) is 1.25. The third kappa shape index (κ3) is 4.99. The summed E-state index contributed by atoms with van der Waals surface area (Å²) in [7, 11) is 3.56. The first-order valence-electron chi connectivity index (χ1n) is 8.32. The van der Waals surface area contributed by atoms with Gasteiger partial charge in [0.05, 0.1) is 0 Å². The first-order valence-corrected chi connectivity index (χ1v) is 15.6.